The first kappa shape index (κ1) is 15.3. The molecule has 0 radical (unpaired) electrons. The third-order valence-electron chi connectivity index (χ3n) is 5.44. The van der Waals surface area contributed by atoms with Crippen LogP contribution in [-0.2, 0) is 0 Å². The highest BCUT2D eigenvalue weighted by atomic mass is 16.3. The van der Waals surface area contributed by atoms with E-state index in [1.165, 1.54) is 6.33 Å². The number of fused-ring (bicyclic) bond motifs is 1. The number of rotatable bonds is 2. The summed E-state index contributed by atoms with van der Waals surface area (Å²) < 4.78 is 1.55. The van der Waals surface area contributed by atoms with Crippen LogP contribution in [-0.4, -0.2) is 54.8 Å². The van der Waals surface area contributed by atoms with Gasteiger partial charge in [0.05, 0.1) is 11.3 Å². The minimum Gasteiger partial charge on any atom is -0.389 e. The smallest absolute Gasteiger partial charge is 0.253 e. The molecule has 2 aliphatic rings. The molecule has 7 nitrogen and oxygen atoms in total. The molecule has 2 fully saturated rings. The van der Waals surface area contributed by atoms with Gasteiger partial charge >= 0.3 is 0 Å². The zero-order valence-electron chi connectivity index (χ0n) is 13.5. The van der Waals surface area contributed by atoms with Crippen molar-refractivity contribution in [3.63, 3.8) is 0 Å². The predicted octanol–water partition coefficient (Wildman–Crippen LogP) is 1.43. The largest absolute Gasteiger partial charge is 0.389 e. The van der Waals surface area contributed by atoms with Crippen LogP contribution in [0.4, 0.5) is 0 Å². The Morgan fingerprint density at radius 2 is 2.04 bits per heavy atom. The van der Waals surface area contributed by atoms with Gasteiger partial charge in [0.2, 0.25) is 0 Å². The number of tetrazole rings is 1. The quantitative estimate of drug-likeness (QED) is 0.902. The van der Waals surface area contributed by atoms with Crippen LogP contribution in [0.1, 0.15) is 42.5 Å². The molecule has 1 aromatic carbocycles. The van der Waals surface area contributed by atoms with Crippen molar-refractivity contribution in [1.29, 1.82) is 0 Å². The Morgan fingerprint density at radius 1 is 1.21 bits per heavy atom. The summed E-state index contributed by atoms with van der Waals surface area (Å²) in [5, 5.41) is 21.8. The second kappa shape index (κ2) is 5.98. The molecule has 0 spiro atoms. The molecule has 1 aromatic heterocycles. The molecule has 1 saturated carbocycles. The van der Waals surface area contributed by atoms with Crippen LogP contribution in [0.15, 0.2) is 30.6 Å². The first-order valence-electron chi connectivity index (χ1n) is 8.51. The number of benzene rings is 1. The molecule has 4 rings (SSSR count). The summed E-state index contributed by atoms with van der Waals surface area (Å²) in [6.07, 6.45) is 6.34. The van der Waals surface area contributed by atoms with E-state index in [4.69, 9.17) is 0 Å². The molecule has 2 atom stereocenters. The lowest BCUT2D eigenvalue weighted by atomic mass is 9.71. The summed E-state index contributed by atoms with van der Waals surface area (Å²) in [5.41, 5.74) is 0.920. The number of piperidine rings is 1. The zero-order valence-corrected chi connectivity index (χ0v) is 13.5. The zero-order chi connectivity index (χ0) is 16.6. The first-order valence-corrected chi connectivity index (χ1v) is 8.51. The number of amides is 1. The van der Waals surface area contributed by atoms with Gasteiger partial charge in [0.1, 0.15) is 6.33 Å². The number of carbonyl (C=O) groups is 1. The van der Waals surface area contributed by atoms with Crippen molar-refractivity contribution in [3.05, 3.63) is 36.2 Å². The summed E-state index contributed by atoms with van der Waals surface area (Å²) in [6, 6.07) is 7.29. The lowest BCUT2D eigenvalue weighted by Gasteiger charge is -2.47. The Morgan fingerprint density at radius 3 is 2.79 bits per heavy atom. The van der Waals surface area contributed by atoms with Crippen molar-refractivity contribution in [2.75, 3.05) is 13.1 Å². The van der Waals surface area contributed by atoms with E-state index >= 15 is 0 Å². The molecule has 24 heavy (non-hydrogen) atoms. The maximum atomic E-state index is 12.8. The summed E-state index contributed by atoms with van der Waals surface area (Å²) in [5.74, 6) is 0.246. The van der Waals surface area contributed by atoms with Crippen LogP contribution >= 0.6 is 0 Å². The fourth-order valence-electron chi connectivity index (χ4n) is 3.97. The Balaban J connectivity index is 1.48. The Kier molecular flexibility index (Phi) is 3.80. The van der Waals surface area contributed by atoms with Crippen molar-refractivity contribution in [3.8, 4) is 5.69 Å². The van der Waals surface area contributed by atoms with Gasteiger partial charge in [-0.05, 0) is 54.0 Å². The van der Waals surface area contributed by atoms with Crippen LogP contribution in [0.5, 0.6) is 0 Å². The fraction of sp³-hybridized carbons (Fsp3) is 0.529. The highest BCUT2D eigenvalue weighted by Crippen LogP contribution is 2.40. The minimum atomic E-state index is -0.557. The van der Waals surface area contributed by atoms with E-state index in [1.54, 1.807) is 16.8 Å². The van der Waals surface area contributed by atoms with Crippen LogP contribution in [0.25, 0.3) is 5.69 Å². The van der Waals surface area contributed by atoms with Gasteiger partial charge < -0.3 is 10.0 Å². The molecule has 0 bridgehead atoms. The molecule has 126 valence electrons. The summed E-state index contributed by atoms with van der Waals surface area (Å²) in [6.45, 7) is 1.28. The maximum absolute atomic E-state index is 12.8. The molecular formula is C17H21N5O2. The first-order chi connectivity index (χ1) is 11.7. The van der Waals surface area contributed by atoms with Crippen LogP contribution < -0.4 is 0 Å². The average Bonchev–Trinajstić information content (AvgIpc) is 3.15. The Labute approximate surface area is 140 Å². The van der Waals surface area contributed by atoms with Gasteiger partial charge in [-0.2, -0.15) is 0 Å². The SMILES string of the molecule is O=C(c1ccc(-n2cnnn2)cc1)N1CC[C@@]2(O)CCCC[C@@H]2C1. The lowest BCUT2D eigenvalue weighted by Crippen LogP contribution is -2.54. The predicted molar refractivity (Wildman–Crippen MR) is 86.6 cm³/mol. The summed E-state index contributed by atoms with van der Waals surface area (Å²) >= 11 is 0. The van der Waals surface area contributed by atoms with Gasteiger partial charge in [-0.3, -0.25) is 4.79 Å². The number of aliphatic hydroxyl groups is 1. The second-order valence-electron chi connectivity index (χ2n) is 6.85. The van der Waals surface area contributed by atoms with Crippen LogP contribution in [0.3, 0.4) is 0 Å². The number of hydrogen-bond donors (Lipinski definition) is 1. The van der Waals surface area contributed by atoms with Crippen molar-refractivity contribution in [1.82, 2.24) is 25.1 Å². The molecule has 0 unspecified atom stereocenters. The van der Waals surface area contributed by atoms with Gasteiger partial charge in [-0.1, -0.05) is 12.8 Å². The highest BCUT2D eigenvalue weighted by Gasteiger charge is 2.43. The van der Waals surface area contributed by atoms with Gasteiger partial charge in [-0.25, -0.2) is 4.68 Å². The second-order valence-corrected chi connectivity index (χ2v) is 6.85. The standard InChI is InChI=1S/C17H21N5O2/c23-16(13-4-6-15(7-5-13)22-12-18-19-20-22)21-10-9-17(24)8-2-1-3-14(17)11-21/h4-7,12,14,24H,1-3,8-11H2/t14-,17+/m1/s1. The van der Waals surface area contributed by atoms with Crippen molar-refractivity contribution >= 4 is 5.91 Å². The summed E-state index contributed by atoms with van der Waals surface area (Å²) in [7, 11) is 0. The fourth-order valence-corrected chi connectivity index (χ4v) is 3.97. The molecule has 1 amide bonds. The number of aromatic nitrogens is 4. The van der Waals surface area contributed by atoms with E-state index < -0.39 is 5.60 Å². The normalized spacial score (nSPS) is 26.9. The Bertz CT molecular complexity index is 715. The van der Waals surface area contributed by atoms with Gasteiger partial charge in [0.25, 0.3) is 5.91 Å². The average molecular weight is 327 g/mol. The van der Waals surface area contributed by atoms with Crippen molar-refractivity contribution in [2.45, 2.75) is 37.7 Å². The van der Waals surface area contributed by atoms with E-state index in [0.717, 1.165) is 31.4 Å². The van der Waals surface area contributed by atoms with Crippen molar-refractivity contribution in [2.24, 2.45) is 5.92 Å². The molecule has 1 aliphatic heterocycles. The van der Waals surface area contributed by atoms with Gasteiger partial charge in [0.15, 0.2) is 0 Å². The van der Waals surface area contributed by atoms with E-state index in [2.05, 4.69) is 15.5 Å². The molecule has 2 heterocycles. The molecular weight excluding hydrogens is 306 g/mol. The van der Waals surface area contributed by atoms with Crippen LogP contribution in [0.2, 0.25) is 0 Å². The van der Waals surface area contributed by atoms with Crippen LogP contribution in [0, 0.1) is 5.92 Å². The molecule has 1 N–H and O–H groups in total. The van der Waals surface area contributed by atoms with E-state index in [9.17, 15) is 9.90 Å². The van der Waals surface area contributed by atoms with Gasteiger partial charge in [0, 0.05) is 24.6 Å². The third kappa shape index (κ3) is 2.69. The lowest BCUT2D eigenvalue weighted by molar-refractivity contribution is -0.0886. The minimum absolute atomic E-state index is 0.0332. The number of carbonyl (C=O) groups excluding carboxylic acids is 1. The topological polar surface area (TPSA) is 84.1 Å². The molecule has 1 saturated heterocycles. The molecule has 2 aromatic rings. The van der Waals surface area contributed by atoms with E-state index in [0.29, 0.717) is 25.1 Å². The number of nitrogens with zero attached hydrogens (tertiary/aromatic N) is 5. The van der Waals surface area contributed by atoms with E-state index in [1.807, 2.05) is 17.0 Å². The maximum Gasteiger partial charge on any atom is 0.253 e. The monoisotopic (exact) mass is 327 g/mol. The number of hydrogen-bond acceptors (Lipinski definition) is 5. The third-order valence-corrected chi connectivity index (χ3v) is 5.44. The molecule has 7 heteroatoms. The van der Waals surface area contributed by atoms with Gasteiger partial charge in [-0.15, -0.1) is 5.10 Å². The summed E-state index contributed by atoms with van der Waals surface area (Å²) in [4.78, 5) is 14.7. The number of likely N-dealkylation sites (tertiary alicyclic amines) is 1. The van der Waals surface area contributed by atoms with Crippen molar-refractivity contribution < 1.29 is 9.90 Å². The molecule has 1 aliphatic carbocycles. The Hall–Kier alpha value is -2.28. The highest BCUT2D eigenvalue weighted by molar-refractivity contribution is 5.94. The van der Waals surface area contributed by atoms with E-state index in [-0.39, 0.29) is 11.8 Å².